The molecule has 4 nitrogen and oxygen atoms in total. The van der Waals surface area contributed by atoms with Crippen molar-refractivity contribution in [1.29, 1.82) is 0 Å². The van der Waals surface area contributed by atoms with Crippen molar-refractivity contribution < 1.29 is 9.47 Å². The van der Waals surface area contributed by atoms with E-state index in [1.807, 2.05) is 0 Å². The molecular weight excluding hydrogens is 252 g/mol. The number of hydrogen-bond donors (Lipinski definition) is 1. The van der Waals surface area contributed by atoms with Crippen LogP contribution in [0.2, 0.25) is 0 Å². The second-order valence-corrected chi connectivity index (χ2v) is 6.39. The van der Waals surface area contributed by atoms with E-state index in [0.717, 1.165) is 46.0 Å². The highest BCUT2D eigenvalue weighted by Crippen LogP contribution is 2.30. The number of nitrogens with one attached hydrogen (secondary N) is 1. The highest BCUT2D eigenvalue weighted by Gasteiger charge is 2.35. The van der Waals surface area contributed by atoms with Gasteiger partial charge in [0.2, 0.25) is 0 Å². The van der Waals surface area contributed by atoms with Gasteiger partial charge in [-0.2, -0.15) is 0 Å². The lowest BCUT2D eigenvalue weighted by atomic mass is 9.81. The number of nitrogens with zero attached hydrogens (tertiary/aromatic N) is 1. The highest BCUT2D eigenvalue weighted by atomic mass is 16.5. The fourth-order valence-corrected chi connectivity index (χ4v) is 3.62. The summed E-state index contributed by atoms with van der Waals surface area (Å²) in [5, 5.41) is 3.55. The molecule has 118 valence electrons. The maximum absolute atomic E-state index is 5.83. The molecule has 0 aromatic heterocycles. The number of ether oxygens (including phenoxy) is 2. The lowest BCUT2D eigenvalue weighted by molar-refractivity contribution is -0.0487. The maximum Gasteiger partial charge on any atom is 0.0702 e. The molecule has 2 aliphatic heterocycles. The smallest absolute Gasteiger partial charge is 0.0702 e. The third-order valence-corrected chi connectivity index (χ3v) is 4.58. The molecule has 1 N–H and O–H groups in total. The van der Waals surface area contributed by atoms with Crippen molar-refractivity contribution in [3.05, 3.63) is 0 Å². The molecule has 2 unspecified atom stereocenters. The zero-order valence-corrected chi connectivity index (χ0v) is 13.3. The van der Waals surface area contributed by atoms with Crippen LogP contribution in [0, 0.1) is 5.41 Å². The molecule has 2 rings (SSSR count). The molecule has 2 heterocycles. The van der Waals surface area contributed by atoms with Crippen LogP contribution in [0.15, 0.2) is 0 Å². The first-order valence-electron chi connectivity index (χ1n) is 8.40. The Morgan fingerprint density at radius 3 is 2.95 bits per heavy atom. The molecule has 0 saturated carbocycles. The van der Waals surface area contributed by atoms with Crippen molar-refractivity contribution in [2.75, 3.05) is 52.5 Å². The van der Waals surface area contributed by atoms with Crippen molar-refractivity contribution in [2.45, 2.75) is 45.6 Å². The van der Waals surface area contributed by atoms with Crippen molar-refractivity contribution in [3.8, 4) is 0 Å². The minimum atomic E-state index is 0.308. The molecule has 0 aromatic rings. The summed E-state index contributed by atoms with van der Waals surface area (Å²) in [7, 11) is 0. The minimum absolute atomic E-state index is 0.308. The van der Waals surface area contributed by atoms with E-state index >= 15 is 0 Å². The number of rotatable bonds is 7. The van der Waals surface area contributed by atoms with E-state index in [0.29, 0.717) is 11.5 Å². The zero-order chi connectivity index (χ0) is 14.3. The van der Waals surface area contributed by atoms with Gasteiger partial charge in [0, 0.05) is 38.3 Å². The Labute approximate surface area is 124 Å². The molecule has 2 saturated heterocycles. The van der Waals surface area contributed by atoms with E-state index in [1.54, 1.807) is 0 Å². The van der Waals surface area contributed by atoms with Gasteiger partial charge in [-0.05, 0) is 45.7 Å². The summed E-state index contributed by atoms with van der Waals surface area (Å²) in [6, 6.07) is 0. The topological polar surface area (TPSA) is 33.7 Å². The number of hydrogen-bond acceptors (Lipinski definition) is 4. The van der Waals surface area contributed by atoms with Crippen LogP contribution >= 0.6 is 0 Å². The van der Waals surface area contributed by atoms with Gasteiger partial charge in [0.05, 0.1) is 12.7 Å². The molecular formula is C16H32N2O2. The van der Waals surface area contributed by atoms with Crippen LogP contribution in [-0.2, 0) is 9.47 Å². The van der Waals surface area contributed by atoms with Crippen molar-refractivity contribution in [3.63, 3.8) is 0 Å². The van der Waals surface area contributed by atoms with E-state index in [2.05, 4.69) is 24.1 Å². The Hall–Kier alpha value is -0.160. The average molecular weight is 284 g/mol. The highest BCUT2D eigenvalue weighted by molar-refractivity contribution is 4.89. The summed E-state index contributed by atoms with van der Waals surface area (Å²) in [4.78, 5) is 2.61. The van der Waals surface area contributed by atoms with Gasteiger partial charge in [0.25, 0.3) is 0 Å². The van der Waals surface area contributed by atoms with Gasteiger partial charge in [0.1, 0.15) is 0 Å². The largest absolute Gasteiger partial charge is 0.381 e. The molecule has 2 fully saturated rings. The van der Waals surface area contributed by atoms with Gasteiger partial charge in [0.15, 0.2) is 0 Å². The van der Waals surface area contributed by atoms with E-state index in [4.69, 9.17) is 9.47 Å². The fraction of sp³-hybridized carbons (Fsp3) is 1.00. The SMILES string of the molecule is CCNCC1(CN2CCCC(OCC)C2)CCCOC1. The van der Waals surface area contributed by atoms with E-state index < -0.39 is 0 Å². The second-order valence-electron chi connectivity index (χ2n) is 6.39. The molecule has 0 aliphatic carbocycles. The molecule has 4 heteroatoms. The van der Waals surface area contributed by atoms with Crippen LogP contribution in [-0.4, -0.2) is 63.5 Å². The summed E-state index contributed by atoms with van der Waals surface area (Å²) in [5.74, 6) is 0. The third kappa shape index (κ3) is 4.69. The van der Waals surface area contributed by atoms with Gasteiger partial charge in [-0.25, -0.2) is 0 Å². The van der Waals surface area contributed by atoms with Crippen molar-refractivity contribution in [2.24, 2.45) is 5.41 Å². The van der Waals surface area contributed by atoms with E-state index in [1.165, 1.54) is 32.2 Å². The summed E-state index contributed by atoms with van der Waals surface area (Å²) >= 11 is 0. The van der Waals surface area contributed by atoms with Crippen LogP contribution in [0.3, 0.4) is 0 Å². The Balaban J connectivity index is 1.89. The molecule has 20 heavy (non-hydrogen) atoms. The Morgan fingerprint density at radius 1 is 1.35 bits per heavy atom. The first-order chi connectivity index (χ1) is 9.78. The van der Waals surface area contributed by atoms with Crippen LogP contribution in [0.4, 0.5) is 0 Å². The van der Waals surface area contributed by atoms with Crippen LogP contribution in [0.25, 0.3) is 0 Å². The average Bonchev–Trinajstić information content (AvgIpc) is 2.47. The second kappa shape index (κ2) is 8.32. The minimum Gasteiger partial charge on any atom is -0.381 e. The quantitative estimate of drug-likeness (QED) is 0.774. The molecule has 2 atom stereocenters. The summed E-state index contributed by atoms with van der Waals surface area (Å²) < 4.78 is 11.6. The molecule has 0 aromatic carbocycles. The Morgan fingerprint density at radius 2 is 2.25 bits per heavy atom. The van der Waals surface area contributed by atoms with Gasteiger partial charge >= 0.3 is 0 Å². The molecule has 0 spiro atoms. The lowest BCUT2D eigenvalue weighted by Gasteiger charge is -2.43. The van der Waals surface area contributed by atoms with Gasteiger partial charge < -0.3 is 19.7 Å². The molecule has 0 amide bonds. The van der Waals surface area contributed by atoms with Crippen LogP contribution in [0.5, 0.6) is 0 Å². The van der Waals surface area contributed by atoms with Crippen LogP contribution < -0.4 is 5.32 Å². The summed E-state index contributed by atoms with van der Waals surface area (Å²) in [6.45, 7) is 12.6. The molecule has 2 aliphatic rings. The summed E-state index contributed by atoms with van der Waals surface area (Å²) in [6.07, 6.45) is 5.42. The predicted octanol–water partition coefficient (Wildman–Crippen LogP) is 1.89. The predicted molar refractivity (Wildman–Crippen MR) is 82.1 cm³/mol. The monoisotopic (exact) mass is 284 g/mol. The van der Waals surface area contributed by atoms with Gasteiger partial charge in [-0.15, -0.1) is 0 Å². The van der Waals surface area contributed by atoms with E-state index in [9.17, 15) is 0 Å². The Kier molecular flexibility index (Phi) is 6.75. The van der Waals surface area contributed by atoms with Crippen molar-refractivity contribution in [1.82, 2.24) is 10.2 Å². The zero-order valence-electron chi connectivity index (χ0n) is 13.3. The van der Waals surface area contributed by atoms with Gasteiger partial charge in [-0.3, -0.25) is 0 Å². The standard InChI is InChI=1S/C16H32N2O2/c1-3-17-12-16(8-6-10-19-14-16)13-18-9-5-7-15(11-18)20-4-2/h15,17H,3-14H2,1-2H3. The lowest BCUT2D eigenvalue weighted by Crippen LogP contribution is -2.52. The van der Waals surface area contributed by atoms with Gasteiger partial charge in [-0.1, -0.05) is 6.92 Å². The Bertz CT molecular complexity index is 265. The first-order valence-corrected chi connectivity index (χ1v) is 8.40. The number of piperidine rings is 1. The molecule has 0 radical (unpaired) electrons. The summed E-state index contributed by atoms with van der Waals surface area (Å²) in [5.41, 5.74) is 0.308. The third-order valence-electron chi connectivity index (χ3n) is 4.58. The maximum atomic E-state index is 5.83. The molecule has 0 bridgehead atoms. The first kappa shape index (κ1) is 16.2. The fourth-order valence-electron chi connectivity index (χ4n) is 3.62. The normalized spacial score (nSPS) is 32.4. The van der Waals surface area contributed by atoms with E-state index in [-0.39, 0.29) is 0 Å². The van der Waals surface area contributed by atoms with Crippen molar-refractivity contribution >= 4 is 0 Å². The number of likely N-dealkylation sites (tertiary alicyclic amines) is 1. The van der Waals surface area contributed by atoms with Crippen LogP contribution in [0.1, 0.15) is 39.5 Å².